The van der Waals surface area contributed by atoms with E-state index in [9.17, 15) is 14.9 Å². The first-order chi connectivity index (χ1) is 19.0. The Hall–Kier alpha value is -4.36. The van der Waals surface area contributed by atoms with Crippen molar-refractivity contribution in [2.45, 2.75) is 28.5 Å². The number of hydrogen-bond acceptors (Lipinski definition) is 9. The molecule has 0 atom stereocenters. The van der Waals surface area contributed by atoms with Crippen LogP contribution in [0.1, 0.15) is 11.1 Å². The lowest BCUT2D eigenvalue weighted by Gasteiger charge is -2.13. The van der Waals surface area contributed by atoms with Crippen molar-refractivity contribution in [3.8, 4) is 0 Å². The Labute approximate surface area is 231 Å². The number of imidazole rings is 2. The molecule has 0 aliphatic carbocycles. The maximum Gasteiger partial charge on any atom is 0.411 e. The molecule has 0 aliphatic heterocycles. The average Bonchev–Trinajstić information content (AvgIpc) is 3.55. The number of carbonyl (C=O) groups excluding carboxylic acids is 1. The van der Waals surface area contributed by atoms with Crippen LogP contribution in [0.3, 0.4) is 0 Å². The lowest BCUT2D eigenvalue weighted by atomic mass is 10.1. The smallest absolute Gasteiger partial charge is 0.411 e. The number of anilines is 1. The van der Waals surface area contributed by atoms with Crippen LogP contribution in [0.25, 0.3) is 5.65 Å². The van der Waals surface area contributed by atoms with Crippen LogP contribution in [0.2, 0.25) is 0 Å². The number of carbonyl (C=O) groups is 1. The highest BCUT2D eigenvalue weighted by molar-refractivity contribution is 7.99. The molecular formula is C26H23N7O4S2. The van der Waals surface area contributed by atoms with E-state index in [-0.39, 0.29) is 12.4 Å². The van der Waals surface area contributed by atoms with Crippen molar-refractivity contribution < 1.29 is 14.5 Å². The molecule has 3 aromatic heterocycles. The molecule has 0 aliphatic rings. The number of aromatic nitrogens is 5. The third kappa shape index (κ3) is 6.38. The maximum absolute atomic E-state index is 12.0. The second kappa shape index (κ2) is 12.0. The molecule has 0 bridgehead atoms. The highest BCUT2D eigenvalue weighted by Gasteiger charge is 2.17. The van der Waals surface area contributed by atoms with Gasteiger partial charge < -0.3 is 19.4 Å². The Morgan fingerprint density at radius 2 is 1.95 bits per heavy atom. The summed E-state index contributed by atoms with van der Waals surface area (Å²) in [6.07, 6.45) is 4.32. The van der Waals surface area contributed by atoms with Crippen molar-refractivity contribution in [1.82, 2.24) is 24.1 Å². The van der Waals surface area contributed by atoms with Crippen LogP contribution in [-0.2, 0) is 11.3 Å². The number of ether oxygens (including phenoxy) is 1. The molecule has 2 aromatic carbocycles. The molecule has 39 heavy (non-hydrogen) atoms. The van der Waals surface area contributed by atoms with Crippen LogP contribution >= 0.6 is 23.5 Å². The number of nitro groups is 1. The number of hydrogen-bond donors (Lipinski definition) is 1. The topological polar surface area (TPSA) is 129 Å². The zero-order chi connectivity index (χ0) is 27.2. The Kier molecular flexibility index (Phi) is 8.08. The van der Waals surface area contributed by atoms with Gasteiger partial charge in [-0.1, -0.05) is 39.9 Å². The van der Waals surface area contributed by atoms with E-state index in [0.29, 0.717) is 33.8 Å². The van der Waals surface area contributed by atoms with Gasteiger partial charge in [0.1, 0.15) is 17.8 Å². The van der Waals surface area contributed by atoms with E-state index in [0.717, 1.165) is 16.0 Å². The highest BCUT2D eigenvalue weighted by Crippen LogP contribution is 2.29. The Bertz CT molecular complexity index is 1620. The predicted molar refractivity (Wildman–Crippen MR) is 148 cm³/mol. The Morgan fingerprint density at radius 1 is 1.10 bits per heavy atom. The van der Waals surface area contributed by atoms with Crippen LogP contribution < -0.4 is 5.32 Å². The minimum Gasteiger partial charge on any atom is -0.448 e. The summed E-state index contributed by atoms with van der Waals surface area (Å²) < 4.78 is 8.53. The molecule has 1 amide bonds. The van der Waals surface area contributed by atoms with Gasteiger partial charge in [-0.25, -0.2) is 14.8 Å². The summed E-state index contributed by atoms with van der Waals surface area (Å²) in [5.74, 6) is 0.427. The van der Waals surface area contributed by atoms with E-state index in [1.807, 2.05) is 41.1 Å². The van der Waals surface area contributed by atoms with Crippen LogP contribution in [0.5, 0.6) is 0 Å². The zero-order valence-corrected chi connectivity index (χ0v) is 22.4. The highest BCUT2D eigenvalue weighted by atomic mass is 32.2. The monoisotopic (exact) mass is 561 g/mol. The summed E-state index contributed by atoms with van der Waals surface area (Å²) in [5.41, 5.74) is 3.35. The van der Waals surface area contributed by atoms with Crippen LogP contribution in [-0.4, -0.2) is 47.5 Å². The number of benzene rings is 2. The van der Waals surface area contributed by atoms with E-state index < -0.39 is 11.0 Å². The van der Waals surface area contributed by atoms with Gasteiger partial charge in [-0.05, 0) is 59.0 Å². The lowest BCUT2D eigenvalue weighted by molar-refractivity contribution is -0.391. The molecule has 0 saturated heterocycles. The fraction of sp³-hybridized carbons (Fsp3) is 0.154. The summed E-state index contributed by atoms with van der Waals surface area (Å²) in [5, 5.41) is 19.6. The van der Waals surface area contributed by atoms with Gasteiger partial charge in [-0.15, -0.1) is 11.8 Å². The first-order valence-corrected chi connectivity index (χ1v) is 13.7. The molecule has 13 heteroatoms. The molecular weight excluding hydrogens is 538 g/mol. The van der Waals surface area contributed by atoms with Crippen LogP contribution in [0.4, 0.5) is 16.3 Å². The molecule has 5 aromatic rings. The zero-order valence-electron chi connectivity index (χ0n) is 20.8. The van der Waals surface area contributed by atoms with Crippen molar-refractivity contribution in [3.63, 3.8) is 0 Å². The third-order valence-corrected chi connectivity index (χ3v) is 7.78. The predicted octanol–water partition coefficient (Wildman–Crippen LogP) is 5.68. The fourth-order valence-corrected chi connectivity index (χ4v) is 5.48. The quantitative estimate of drug-likeness (QED) is 0.0990. The number of para-hydroxylation sites is 1. The number of nitrogens with zero attached hydrogens (tertiary/aromatic N) is 6. The number of nitrogens with one attached hydrogen (secondary N) is 1. The first-order valence-electron chi connectivity index (χ1n) is 11.9. The number of rotatable bonds is 10. The molecule has 0 unspecified atom stereocenters. The van der Waals surface area contributed by atoms with E-state index >= 15 is 0 Å². The Balaban J connectivity index is 1.20. The lowest BCUT2D eigenvalue weighted by Crippen LogP contribution is -2.15. The summed E-state index contributed by atoms with van der Waals surface area (Å²) in [6.45, 7) is 2.94. The van der Waals surface area contributed by atoms with Crippen LogP contribution in [0, 0.1) is 17.0 Å². The number of fused-ring (bicyclic) bond motifs is 1. The van der Waals surface area contributed by atoms with Gasteiger partial charge in [0.25, 0.3) is 0 Å². The second-order valence-electron chi connectivity index (χ2n) is 8.27. The van der Waals surface area contributed by atoms with Crippen molar-refractivity contribution in [3.05, 3.63) is 100 Å². The van der Waals surface area contributed by atoms with E-state index in [1.54, 1.807) is 42.2 Å². The first kappa shape index (κ1) is 26.3. The van der Waals surface area contributed by atoms with Gasteiger partial charge in [-0.2, -0.15) is 0 Å². The largest absolute Gasteiger partial charge is 0.448 e. The van der Waals surface area contributed by atoms with Gasteiger partial charge in [0.05, 0.1) is 0 Å². The molecule has 11 nitrogen and oxygen atoms in total. The second-order valence-corrected chi connectivity index (χ2v) is 10.4. The van der Waals surface area contributed by atoms with E-state index in [1.165, 1.54) is 22.5 Å². The van der Waals surface area contributed by atoms with Gasteiger partial charge in [0, 0.05) is 41.3 Å². The molecule has 0 fully saturated rings. The van der Waals surface area contributed by atoms with Gasteiger partial charge in [0.2, 0.25) is 5.65 Å². The molecule has 0 radical (unpaired) electrons. The Morgan fingerprint density at radius 3 is 2.77 bits per heavy atom. The van der Waals surface area contributed by atoms with E-state index in [4.69, 9.17) is 4.74 Å². The van der Waals surface area contributed by atoms with Crippen molar-refractivity contribution in [1.29, 1.82) is 0 Å². The standard InChI is InChI=1S/C26H23N7O4S2/c1-18-19(6-5-9-21(18)38-15-14-37-26(34)29-20-7-3-2-4-8-20)17-31-13-12-27-25(31)39-23-11-10-22-28-16-24(33(35)36)32(22)30-23/h2-13,16H,14-15,17H2,1H3,(H,29,34). The molecule has 0 spiro atoms. The van der Waals surface area contributed by atoms with Crippen molar-refractivity contribution in [2.75, 3.05) is 17.7 Å². The molecule has 3 heterocycles. The van der Waals surface area contributed by atoms with Gasteiger partial charge >= 0.3 is 11.9 Å². The summed E-state index contributed by atoms with van der Waals surface area (Å²) in [6, 6.07) is 18.7. The summed E-state index contributed by atoms with van der Waals surface area (Å²) in [4.78, 5) is 32.3. The minimum atomic E-state index is -0.512. The minimum absolute atomic E-state index is 0.192. The SMILES string of the molecule is Cc1c(Cn2ccnc2Sc2ccc3ncc([N+](=O)[O-])n3n2)cccc1SCCOC(=O)Nc1ccccc1. The third-order valence-electron chi connectivity index (χ3n) is 5.71. The molecule has 5 rings (SSSR count). The van der Waals surface area contributed by atoms with Crippen molar-refractivity contribution >= 4 is 46.8 Å². The number of amides is 1. The van der Waals surface area contributed by atoms with E-state index in [2.05, 4.69) is 33.4 Å². The maximum atomic E-state index is 12.0. The fourth-order valence-electron chi connectivity index (χ4n) is 3.77. The van der Waals surface area contributed by atoms with Crippen LogP contribution in [0.15, 0.2) is 94.3 Å². The number of thioether (sulfide) groups is 1. The summed E-state index contributed by atoms with van der Waals surface area (Å²) >= 11 is 2.94. The summed E-state index contributed by atoms with van der Waals surface area (Å²) in [7, 11) is 0. The van der Waals surface area contributed by atoms with Gasteiger partial charge in [-0.3, -0.25) is 5.32 Å². The molecule has 198 valence electrons. The normalized spacial score (nSPS) is 11.0. The van der Waals surface area contributed by atoms with Gasteiger partial charge in [0.15, 0.2) is 5.16 Å². The van der Waals surface area contributed by atoms with Crippen molar-refractivity contribution in [2.24, 2.45) is 0 Å². The average molecular weight is 562 g/mol. The molecule has 1 N–H and O–H groups in total. The molecule has 0 saturated carbocycles.